The smallest absolute Gasteiger partial charge is 0.310 e. The third-order valence-corrected chi connectivity index (χ3v) is 5.27. The highest BCUT2D eigenvalue weighted by Gasteiger charge is 2.35. The van der Waals surface area contributed by atoms with E-state index in [4.69, 9.17) is 4.42 Å². The van der Waals surface area contributed by atoms with Crippen molar-refractivity contribution in [2.24, 2.45) is 5.10 Å². The summed E-state index contributed by atoms with van der Waals surface area (Å²) in [5.74, 6) is 0.0189. The second-order valence-electron chi connectivity index (χ2n) is 6.21. The average molecular weight is 374 g/mol. The molecule has 0 spiro atoms. The predicted octanol–water partition coefficient (Wildman–Crippen LogP) is 4.28. The van der Waals surface area contributed by atoms with Crippen LogP contribution in [0.1, 0.15) is 34.1 Å². The Balaban J connectivity index is 1.57. The molecule has 27 heavy (non-hydrogen) atoms. The van der Waals surface area contributed by atoms with Crippen LogP contribution in [0.3, 0.4) is 0 Å². The quantitative estimate of drug-likeness (QED) is 0.537. The van der Waals surface area contributed by atoms with Crippen LogP contribution in [0.15, 0.2) is 75.3 Å². The molecule has 1 aliphatic heterocycles. The highest BCUT2D eigenvalue weighted by molar-refractivity contribution is 7.08. The molecule has 132 valence electrons. The van der Waals surface area contributed by atoms with E-state index in [0.717, 1.165) is 27.9 Å². The lowest BCUT2D eigenvalue weighted by atomic mass is 9.99. The Bertz CT molecular complexity index is 1140. The second-order valence-corrected chi connectivity index (χ2v) is 6.99. The van der Waals surface area contributed by atoms with Crippen molar-refractivity contribution in [3.05, 3.63) is 82.7 Å². The first-order valence-electron chi connectivity index (χ1n) is 8.47. The number of nitrogens with zero attached hydrogens (tertiary/aromatic N) is 4. The van der Waals surface area contributed by atoms with E-state index < -0.39 is 0 Å². The summed E-state index contributed by atoms with van der Waals surface area (Å²) in [6.07, 6.45) is 5.46. The van der Waals surface area contributed by atoms with Gasteiger partial charge in [0.15, 0.2) is 5.76 Å². The van der Waals surface area contributed by atoms with Gasteiger partial charge in [-0.1, -0.05) is 6.07 Å². The van der Waals surface area contributed by atoms with Crippen LogP contribution < -0.4 is 0 Å². The van der Waals surface area contributed by atoms with E-state index in [9.17, 15) is 4.79 Å². The Morgan fingerprint density at radius 2 is 2.04 bits per heavy atom. The Labute approximate surface area is 158 Å². The van der Waals surface area contributed by atoms with Gasteiger partial charge in [-0.2, -0.15) is 16.4 Å². The van der Waals surface area contributed by atoms with Gasteiger partial charge in [-0.15, -0.1) is 0 Å². The molecule has 1 atom stereocenters. The van der Waals surface area contributed by atoms with Crippen molar-refractivity contribution in [1.82, 2.24) is 15.0 Å². The third kappa shape index (κ3) is 2.82. The van der Waals surface area contributed by atoms with Gasteiger partial charge in [-0.3, -0.25) is 14.8 Å². The average Bonchev–Trinajstić information content (AvgIpc) is 3.48. The Morgan fingerprint density at radius 1 is 1.15 bits per heavy atom. The maximum Gasteiger partial charge on any atom is 0.310 e. The number of hydrazone groups is 1. The molecule has 4 heterocycles. The minimum absolute atomic E-state index is 0.219. The molecular weight excluding hydrogens is 360 g/mol. The molecule has 6 nitrogen and oxygen atoms in total. The molecule has 0 saturated carbocycles. The number of furan rings is 1. The van der Waals surface area contributed by atoms with E-state index in [1.165, 1.54) is 11.3 Å². The molecule has 4 aromatic rings. The van der Waals surface area contributed by atoms with Crippen LogP contribution in [0.5, 0.6) is 0 Å². The minimum atomic E-state index is -0.255. The van der Waals surface area contributed by atoms with E-state index in [-0.39, 0.29) is 17.7 Å². The molecule has 1 amide bonds. The number of rotatable bonds is 3. The summed E-state index contributed by atoms with van der Waals surface area (Å²) in [6.45, 7) is 0. The summed E-state index contributed by atoms with van der Waals surface area (Å²) in [6, 6.07) is 11.0. The Kier molecular flexibility index (Phi) is 3.79. The zero-order chi connectivity index (χ0) is 18.2. The molecular formula is C20H14N4O2S. The number of amides is 1. The van der Waals surface area contributed by atoms with Crippen molar-refractivity contribution in [3.63, 3.8) is 0 Å². The number of carbonyl (C=O) groups excluding carboxylic acids is 1. The molecule has 5 rings (SSSR count). The van der Waals surface area contributed by atoms with Crippen LogP contribution >= 0.6 is 11.3 Å². The highest BCUT2D eigenvalue weighted by atomic mass is 32.1. The molecule has 3 aromatic heterocycles. The number of hydrogen-bond acceptors (Lipinski definition) is 6. The number of thiophene rings is 1. The maximum atomic E-state index is 13.0. The lowest BCUT2D eigenvalue weighted by Crippen LogP contribution is -2.26. The van der Waals surface area contributed by atoms with E-state index in [2.05, 4.69) is 15.1 Å². The lowest BCUT2D eigenvalue weighted by Gasteiger charge is -2.21. The van der Waals surface area contributed by atoms with Crippen LogP contribution in [-0.4, -0.2) is 26.6 Å². The first-order valence-corrected chi connectivity index (χ1v) is 9.42. The van der Waals surface area contributed by atoms with Crippen molar-refractivity contribution in [1.29, 1.82) is 0 Å². The largest absolute Gasteiger partial charge is 0.459 e. The number of aromatic nitrogens is 2. The standard InChI is InChI=1S/C20H14N4O2S/c25-20(19-2-1-8-26-19)24-18(11-16(23-24)14-5-9-27-12-14)13-3-4-15-17(10-13)22-7-6-21-15/h1-10,12,18H,11H2/t18-/m0/s1. The number of carbonyl (C=O) groups is 1. The normalized spacial score (nSPS) is 16.7. The predicted molar refractivity (Wildman–Crippen MR) is 103 cm³/mol. The molecule has 1 aliphatic rings. The molecule has 0 bridgehead atoms. The number of benzene rings is 1. The van der Waals surface area contributed by atoms with E-state index in [1.54, 1.807) is 35.9 Å². The summed E-state index contributed by atoms with van der Waals surface area (Å²) in [7, 11) is 0. The molecule has 0 aliphatic carbocycles. The summed E-state index contributed by atoms with van der Waals surface area (Å²) in [5.41, 5.74) is 4.52. The SMILES string of the molecule is O=C(c1ccco1)N1N=C(c2ccsc2)C[C@H]1c1ccc2nccnc2c1. The van der Waals surface area contributed by atoms with Crippen LogP contribution in [0.2, 0.25) is 0 Å². The topological polar surface area (TPSA) is 71.6 Å². The molecule has 0 unspecified atom stereocenters. The van der Waals surface area contributed by atoms with Crippen molar-refractivity contribution in [2.45, 2.75) is 12.5 Å². The summed E-state index contributed by atoms with van der Waals surface area (Å²) in [4.78, 5) is 21.7. The summed E-state index contributed by atoms with van der Waals surface area (Å²) >= 11 is 1.61. The minimum Gasteiger partial charge on any atom is -0.459 e. The Morgan fingerprint density at radius 3 is 2.81 bits per heavy atom. The van der Waals surface area contributed by atoms with Gasteiger partial charge in [0.05, 0.1) is 29.1 Å². The number of fused-ring (bicyclic) bond motifs is 1. The van der Waals surface area contributed by atoms with Gasteiger partial charge in [-0.25, -0.2) is 5.01 Å². The van der Waals surface area contributed by atoms with Crippen molar-refractivity contribution in [3.8, 4) is 0 Å². The van der Waals surface area contributed by atoms with Gasteiger partial charge < -0.3 is 4.42 Å². The first kappa shape index (κ1) is 15.9. The summed E-state index contributed by atoms with van der Waals surface area (Å²) in [5, 5.41) is 10.2. The molecule has 0 fully saturated rings. The highest BCUT2D eigenvalue weighted by Crippen LogP contribution is 2.35. The second kappa shape index (κ2) is 6.44. The molecule has 0 radical (unpaired) electrons. The van der Waals surface area contributed by atoms with Gasteiger partial charge in [0, 0.05) is 24.4 Å². The van der Waals surface area contributed by atoms with Gasteiger partial charge in [0.2, 0.25) is 0 Å². The van der Waals surface area contributed by atoms with Crippen LogP contribution in [0, 0.1) is 0 Å². The van der Waals surface area contributed by atoms with Crippen LogP contribution in [0.4, 0.5) is 0 Å². The van der Waals surface area contributed by atoms with Crippen LogP contribution in [0.25, 0.3) is 11.0 Å². The fourth-order valence-electron chi connectivity index (χ4n) is 3.26. The lowest BCUT2D eigenvalue weighted by molar-refractivity contribution is 0.0678. The third-order valence-electron chi connectivity index (χ3n) is 4.58. The fraction of sp³-hybridized carbons (Fsp3) is 0.100. The van der Waals surface area contributed by atoms with Crippen molar-refractivity contribution >= 4 is 34.0 Å². The summed E-state index contributed by atoms with van der Waals surface area (Å²) < 4.78 is 5.31. The zero-order valence-electron chi connectivity index (χ0n) is 14.1. The molecule has 1 aromatic carbocycles. The van der Waals surface area contributed by atoms with Gasteiger partial charge >= 0.3 is 5.91 Å². The van der Waals surface area contributed by atoms with Gasteiger partial charge in [-0.05, 0) is 46.7 Å². The molecule has 7 heteroatoms. The van der Waals surface area contributed by atoms with Crippen molar-refractivity contribution < 1.29 is 9.21 Å². The van der Waals surface area contributed by atoms with Gasteiger partial charge in [0.25, 0.3) is 0 Å². The Hall–Kier alpha value is -3.32. The van der Waals surface area contributed by atoms with Gasteiger partial charge in [0.1, 0.15) is 0 Å². The zero-order valence-corrected chi connectivity index (χ0v) is 15.0. The monoisotopic (exact) mass is 374 g/mol. The molecule has 0 N–H and O–H groups in total. The molecule has 0 saturated heterocycles. The van der Waals surface area contributed by atoms with Crippen LogP contribution in [-0.2, 0) is 0 Å². The van der Waals surface area contributed by atoms with E-state index in [0.29, 0.717) is 6.42 Å². The van der Waals surface area contributed by atoms with E-state index >= 15 is 0 Å². The van der Waals surface area contributed by atoms with Crippen molar-refractivity contribution in [2.75, 3.05) is 0 Å². The maximum absolute atomic E-state index is 13.0. The fourth-order valence-corrected chi connectivity index (χ4v) is 3.93. The van der Waals surface area contributed by atoms with E-state index in [1.807, 2.05) is 35.0 Å². The first-order chi connectivity index (χ1) is 13.3. The number of hydrogen-bond donors (Lipinski definition) is 0.